The van der Waals surface area contributed by atoms with Gasteiger partial charge in [0.15, 0.2) is 0 Å². The summed E-state index contributed by atoms with van der Waals surface area (Å²) in [5.41, 5.74) is -2.12. The van der Waals surface area contributed by atoms with Crippen LogP contribution in [0.1, 0.15) is 28.4 Å². The van der Waals surface area contributed by atoms with Gasteiger partial charge in [0.25, 0.3) is 0 Å². The van der Waals surface area contributed by atoms with Gasteiger partial charge >= 0.3 is 12.4 Å². The van der Waals surface area contributed by atoms with Gasteiger partial charge < -0.3 is 0 Å². The van der Waals surface area contributed by atoms with Crippen molar-refractivity contribution < 1.29 is 26.3 Å². The molecule has 1 heterocycles. The number of alkyl halides is 6. The molecule has 0 aliphatic heterocycles. The Balaban J connectivity index is 2.39. The van der Waals surface area contributed by atoms with Crippen LogP contribution in [-0.4, -0.2) is 4.98 Å². The predicted molar refractivity (Wildman–Crippen MR) is 68.1 cm³/mol. The molecule has 2 aromatic rings. The zero-order valence-corrected chi connectivity index (χ0v) is 11.3. The van der Waals surface area contributed by atoms with Crippen molar-refractivity contribution in [1.82, 2.24) is 4.98 Å². The highest BCUT2D eigenvalue weighted by molar-refractivity contribution is 5.37. The molecule has 1 aromatic heterocycles. The smallest absolute Gasteiger partial charge is 0.247 e. The molecule has 1 aromatic carbocycles. The van der Waals surface area contributed by atoms with Crippen LogP contribution in [0.15, 0.2) is 42.5 Å². The van der Waals surface area contributed by atoms with Crippen LogP contribution in [0.3, 0.4) is 0 Å². The molecule has 0 radical (unpaired) electrons. The number of aromatic nitrogens is 1. The number of nitriles is 1. The maximum atomic E-state index is 12.7. The number of rotatable bonds is 2. The van der Waals surface area contributed by atoms with E-state index in [-0.39, 0.29) is 11.3 Å². The van der Waals surface area contributed by atoms with Gasteiger partial charge in [0.05, 0.1) is 17.3 Å². The van der Waals surface area contributed by atoms with Gasteiger partial charge in [0.1, 0.15) is 11.6 Å². The lowest BCUT2D eigenvalue weighted by atomic mass is 9.95. The Labute approximate surface area is 127 Å². The minimum absolute atomic E-state index is 0.132. The van der Waals surface area contributed by atoms with E-state index in [0.29, 0.717) is 0 Å². The van der Waals surface area contributed by atoms with Crippen LogP contribution in [-0.2, 0) is 12.4 Å². The van der Waals surface area contributed by atoms with Crippen molar-refractivity contribution in [1.29, 1.82) is 5.26 Å². The van der Waals surface area contributed by atoms with Gasteiger partial charge in [0, 0.05) is 0 Å². The Kier molecular flexibility index (Phi) is 4.32. The molecule has 0 aliphatic carbocycles. The Bertz CT molecular complexity index is 725. The van der Waals surface area contributed by atoms with Crippen molar-refractivity contribution in [3.8, 4) is 6.07 Å². The fourth-order valence-corrected chi connectivity index (χ4v) is 1.95. The predicted octanol–water partition coefficient (Wildman–Crippen LogP) is 4.77. The first-order valence-corrected chi connectivity index (χ1v) is 6.24. The molecule has 2 nitrogen and oxygen atoms in total. The van der Waals surface area contributed by atoms with Crippen molar-refractivity contribution in [2.75, 3.05) is 0 Å². The summed E-state index contributed by atoms with van der Waals surface area (Å²) in [5.74, 6) is -1.19. The van der Waals surface area contributed by atoms with Gasteiger partial charge in [-0.15, -0.1) is 0 Å². The quantitative estimate of drug-likeness (QED) is 0.744. The summed E-state index contributed by atoms with van der Waals surface area (Å²) in [5, 5.41) is 9.16. The number of hydrogen-bond donors (Lipinski definition) is 0. The van der Waals surface area contributed by atoms with Gasteiger partial charge in [-0.05, 0) is 29.8 Å². The SMILES string of the molecule is N#CC(c1ccc(C(F)(F)F)cc1)c1cccc(C(F)(F)F)n1. The van der Waals surface area contributed by atoms with E-state index in [1.165, 1.54) is 6.07 Å². The second-order valence-corrected chi connectivity index (χ2v) is 4.63. The zero-order chi connectivity index (χ0) is 17.3. The summed E-state index contributed by atoms with van der Waals surface area (Å²) in [6.07, 6.45) is -9.20. The third-order valence-electron chi connectivity index (χ3n) is 3.06. The highest BCUT2D eigenvalue weighted by Gasteiger charge is 2.33. The van der Waals surface area contributed by atoms with Gasteiger partial charge in [-0.25, -0.2) is 4.98 Å². The van der Waals surface area contributed by atoms with Gasteiger partial charge in [-0.3, -0.25) is 0 Å². The van der Waals surface area contributed by atoms with Crippen LogP contribution in [0.25, 0.3) is 0 Å². The van der Waals surface area contributed by atoms with E-state index in [9.17, 15) is 26.3 Å². The van der Waals surface area contributed by atoms with Gasteiger partial charge in [0.2, 0.25) is 0 Å². The largest absolute Gasteiger partial charge is 0.433 e. The Hall–Kier alpha value is -2.56. The molecule has 8 heteroatoms. The minimum atomic E-state index is -4.67. The molecule has 0 saturated carbocycles. The van der Waals surface area contributed by atoms with Crippen molar-refractivity contribution in [3.05, 3.63) is 65.0 Å². The molecule has 0 saturated heterocycles. The second-order valence-electron chi connectivity index (χ2n) is 4.63. The molecule has 1 unspecified atom stereocenters. The summed E-state index contributed by atoms with van der Waals surface area (Å²) >= 11 is 0. The average molecular weight is 330 g/mol. The topological polar surface area (TPSA) is 36.7 Å². The maximum Gasteiger partial charge on any atom is 0.433 e. The molecule has 0 spiro atoms. The van der Waals surface area contributed by atoms with Crippen molar-refractivity contribution in [2.45, 2.75) is 18.3 Å². The Morgan fingerprint density at radius 1 is 0.870 bits per heavy atom. The number of nitrogens with zero attached hydrogens (tertiary/aromatic N) is 2. The highest BCUT2D eigenvalue weighted by atomic mass is 19.4. The number of pyridine rings is 1. The minimum Gasteiger partial charge on any atom is -0.247 e. The van der Waals surface area contributed by atoms with Crippen LogP contribution in [0.4, 0.5) is 26.3 Å². The molecule has 2 rings (SSSR count). The lowest BCUT2D eigenvalue weighted by Crippen LogP contribution is -2.11. The molecule has 120 valence electrons. The monoisotopic (exact) mass is 330 g/mol. The van der Waals surface area contributed by atoms with Crippen molar-refractivity contribution in [3.63, 3.8) is 0 Å². The molecule has 0 aliphatic rings. The molecular weight excluding hydrogens is 322 g/mol. The summed E-state index contributed by atoms with van der Waals surface area (Å²) in [4.78, 5) is 3.39. The fraction of sp³-hybridized carbons (Fsp3) is 0.200. The van der Waals surface area contributed by atoms with Crippen LogP contribution in [0.5, 0.6) is 0 Å². The average Bonchev–Trinajstić information content (AvgIpc) is 2.47. The summed E-state index contributed by atoms with van der Waals surface area (Å²) in [6, 6.07) is 8.49. The van der Waals surface area contributed by atoms with Crippen molar-refractivity contribution in [2.24, 2.45) is 0 Å². The summed E-state index contributed by atoms with van der Waals surface area (Å²) in [7, 11) is 0. The molecule has 0 amide bonds. The van der Waals surface area contributed by atoms with Crippen molar-refractivity contribution >= 4 is 0 Å². The zero-order valence-electron chi connectivity index (χ0n) is 11.3. The first kappa shape index (κ1) is 16.8. The molecule has 1 atom stereocenters. The van der Waals surface area contributed by atoms with Crippen LogP contribution >= 0.6 is 0 Å². The molecule has 0 fully saturated rings. The molecule has 0 bridgehead atoms. The fourth-order valence-electron chi connectivity index (χ4n) is 1.95. The van der Waals surface area contributed by atoms with E-state index < -0.39 is 29.5 Å². The van der Waals surface area contributed by atoms with E-state index in [1.54, 1.807) is 6.07 Å². The molecular formula is C15H8F6N2. The second kappa shape index (κ2) is 5.91. The third-order valence-corrected chi connectivity index (χ3v) is 3.06. The lowest BCUT2D eigenvalue weighted by Gasteiger charge is -2.13. The van der Waals surface area contributed by atoms with E-state index in [4.69, 9.17) is 5.26 Å². The first-order valence-electron chi connectivity index (χ1n) is 6.24. The Morgan fingerprint density at radius 3 is 1.96 bits per heavy atom. The standard InChI is InChI=1S/C15H8F6N2/c16-14(17,18)10-6-4-9(5-7-10)11(8-22)12-2-1-3-13(23-12)15(19,20)21/h1-7,11H. The summed E-state index contributed by atoms with van der Waals surface area (Å²) in [6.45, 7) is 0. The van der Waals surface area contributed by atoms with E-state index in [1.807, 2.05) is 0 Å². The third kappa shape index (κ3) is 3.80. The van der Waals surface area contributed by atoms with Gasteiger partial charge in [-0.2, -0.15) is 31.6 Å². The normalized spacial score (nSPS) is 13.4. The van der Waals surface area contributed by atoms with Gasteiger partial charge in [-0.1, -0.05) is 18.2 Å². The maximum absolute atomic E-state index is 12.7. The summed E-state index contributed by atoms with van der Waals surface area (Å²) < 4.78 is 75.5. The van der Waals surface area contributed by atoms with E-state index in [2.05, 4.69) is 4.98 Å². The number of hydrogen-bond acceptors (Lipinski definition) is 2. The molecule has 0 N–H and O–H groups in total. The number of halogens is 6. The Morgan fingerprint density at radius 2 is 1.48 bits per heavy atom. The van der Waals surface area contributed by atoms with Crippen LogP contribution in [0.2, 0.25) is 0 Å². The lowest BCUT2D eigenvalue weighted by molar-refractivity contribution is -0.141. The number of benzene rings is 1. The highest BCUT2D eigenvalue weighted by Crippen LogP contribution is 2.32. The van der Waals surface area contributed by atoms with Crippen LogP contribution in [0, 0.1) is 11.3 Å². The van der Waals surface area contributed by atoms with E-state index in [0.717, 1.165) is 36.4 Å². The first-order chi connectivity index (χ1) is 10.6. The molecule has 23 heavy (non-hydrogen) atoms. The van der Waals surface area contributed by atoms with Crippen LogP contribution < -0.4 is 0 Å². The van der Waals surface area contributed by atoms with E-state index >= 15 is 0 Å².